The second-order valence-corrected chi connectivity index (χ2v) is 5.00. The average molecular weight is 277 g/mol. The van der Waals surface area contributed by atoms with Crippen LogP contribution in [0.25, 0.3) is 0 Å². The Labute approximate surface area is 118 Å². The molecule has 0 aliphatic rings. The van der Waals surface area contributed by atoms with Gasteiger partial charge in [-0.05, 0) is 41.8 Å². The topological polar surface area (TPSA) is 29.5 Å². The van der Waals surface area contributed by atoms with Crippen LogP contribution in [0.4, 0.5) is 0 Å². The first-order chi connectivity index (χ1) is 9.10. The third kappa shape index (κ3) is 3.49. The number of halogens is 1. The number of aryl methyl sites for hydroxylation is 1. The van der Waals surface area contributed by atoms with E-state index in [9.17, 15) is 5.11 Å². The van der Waals surface area contributed by atoms with E-state index in [1.807, 2.05) is 49.4 Å². The minimum absolute atomic E-state index is 0.514. The lowest BCUT2D eigenvalue weighted by Crippen LogP contribution is -2.03. The molecule has 0 saturated heterocycles. The van der Waals surface area contributed by atoms with Gasteiger partial charge in [0.25, 0.3) is 0 Å². The molecule has 0 aliphatic carbocycles. The van der Waals surface area contributed by atoms with Crippen molar-refractivity contribution in [2.45, 2.75) is 19.4 Å². The van der Waals surface area contributed by atoms with Gasteiger partial charge >= 0.3 is 0 Å². The maximum atomic E-state index is 10.3. The van der Waals surface area contributed by atoms with Crippen molar-refractivity contribution in [1.29, 1.82) is 0 Å². The Morgan fingerprint density at radius 3 is 2.68 bits per heavy atom. The highest BCUT2D eigenvalue weighted by atomic mass is 35.5. The van der Waals surface area contributed by atoms with Gasteiger partial charge < -0.3 is 9.84 Å². The van der Waals surface area contributed by atoms with Gasteiger partial charge in [0, 0.05) is 11.4 Å². The normalized spacial score (nSPS) is 12.2. The molecule has 0 bridgehead atoms. The summed E-state index contributed by atoms with van der Waals surface area (Å²) in [6.45, 7) is 1.98. The SMILES string of the molecule is COc1cccc(CC(O)c2ccc(C)cc2Cl)c1. The fraction of sp³-hybridized carbons (Fsp3) is 0.250. The molecule has 1 N–H and O–H groups in total. The largest absolute Gasteiger partial charge is 0.497 e. The molecule has 0 aromatic heterocycles. The minimum Gasteiger partial charge on any atom is -0.497 e. The highest BCUT2D eigenvalue weighted by Crippen LogP contribution is 2.27. The van der Waals surface area contributed by atoms with Crippen LogP contribution >= 0.6 is 11.6 Å². The maximum Gasteiger partial charge on any atom is 0.119 e. The monoisotopic (exact) mass is 276 g/mol. The van der Waals surface area contributed by atoms with E-state index in [0.29, 0.717) is 11.4 Å². The Morgan fingerprint density at radius 1 is 1.21 bits per heavy atom. The molecule has 19 heavy (non-hydrogen) atoms. The van der Waals surface area contributed by atoms with E-state index in [-0.39, 0.29) is 0 Å². The summed E-state index contributed by atoms with van der Waals surface area (Å²) >= 11 is 6.16. The number of hydrogen-bond donors (Lipinski definition) is 1. The predicted octanol–water partition coefficient (Wildman–Crippen LogP) is 3.93. The van der Waals surface area contributed by atoms with Gasteiger partial charge in [-0.25, -0.2) is 0 Å². The van der Waals surface area contributed by atoms with E-state index in [4.69, 9.17) is 16.3 Å². The Bertz CT molecular complexity index is 566. The first-order valence-electron chi connectivity index (χ1n) is 6.17. The van der Waals surface area contributed by atoms with Gasteiger partial charge in [0.15, 0.2) is 0 Å². The molecule has 0 saturated carbocycles. The molecule has 2 aromatic carbocycles. The summed E-state index contributed by atoms with van der Waals surface area (Å²) in [6, 6.07) is 13.4. The molecule has 100 valence electrons. The first-order valence-corrected chi connectivity index (χ1v) is 6.55. The van der Waals surface area contributed by atoms with Crippen LogP contribution in [-0.2, 0) is 6.42 Å². The highest BCUT2D eigenvalue weighted by molar-refractivity contribution is 6.31. The van der Waals surface area contributed by atoms with Crippen LogP contribution in [0.1, 0.15) is 22.8 Å². The summed E-state index contributed by atoms with van der Waals surface area (Å²) in [6.07, 6.45) is -0.0971. The molecular weight excluding hydrogens is 260 g/mol. The fourth-order valence-electron chi connectivity index (χ4n) is 2.04. The number of rotatable bonds is 4. The van der Waals surface area contributed by atoms with Gasteiger partial charge in [0.2, 0.25) is 0 Å². The average Bonchev–Trinajstić information content (AvgIpc) is 2.38. The molecular formula is C16H17ClO2. The van der Waals surface area contributed by atoms with Crippen molar-refractivity contribution < 1.29 is 9.84 Å². The van der Waals surface area contributed by atoms with Crippen molar-refractivity contribution in [2.24, 2.45) is 0 Å². The quantitative estimate of drug-likeness (QED) is 0.917. The van der Waals surface area contributed by atoms with E-state index in [1.54, 1.807) is 7.11 Å². The molecule has 0 radical (unpaired) electrons. The van der Waals surface area contributed by atoms with Crippen LogP contribution in [0.2, 0.25) is 5.02 Å². The third-order valence-corrected chi connectivity index (χ3v) is 3.41. The van der Waals surface area contributed by atoms with Crippen LogP contribution in [0.3, 0.4) is 0 Å². The van der Waals surface area contributed by atoms with Gasteiger partial charge in [-0.3, -0.25) is 0 Å². The fourth-order valence-corrected chi connectivity index (χ4v) is 2.40. The molecule has 1 unspecified atom stereocenters. The summed E-state index contributed by atoms with van der Waals surface area (Å²) in [4.78, 5) is 0. The molecule has 0 spiro atoms. The van der Waals surface area contributed by atoms with Crippen molar-refractivity contribution >= 4 is 11.6 Å². The van der Waals surface area contributed by atoms with E-state index in [0.717, 1.165) is 22.4 Å². The van der Waals surface area contributed by atoms with Crippen molar-refractivity contribution in [3.05, 3.63) is 64.2 Å². The number of hydrogen-bond acceptors (Lipinski definition) is 2. The lowest BCUT2D eigenvalue weighted by molar-refractivity contribution is 0.178. The number of aliphatic hydroxyl groups excluding tert-OH is 1. The van der Waals surface area contributed by atoms with Crippen molar-refractivity contribution in [3.8, 4) is 5.75 Å². The molecule has 0 amide bonds. The standard InChI is InChI=1S/C16H17ClO2/c1-11-6-7-14(15(17)8-11)16(18)10-12-4-3-5-13(9-12)19-2/h3-9,16,18H,10H2,1-2H3. The van der Waals surface area contributed by atoms with Crippen LogP contribution in [0.15, 0.2) is 42.5 Å². The van der Waals surface area contributed by atoms with Crippen LogP contribution in [0.5, 0.6) is 5.75 Å². The lowest BCUT2D eigenvalue weighted by atomic mass is 10.0. The van der Waals surface area contributed by atoms with Gasteiger partial charge in [-0.1, -0.05) is 35.9 Å². The van der Waals surface area contributed by atoms with Crippen LogP contribution < -0.4 is 4.74 Å². The van der Waals surface area contributed by atoms with E-state index < -0.39 is 6.10 Å². The predicted molar refractivity (Wildman–Crippen MR) is 77.8 cm³/mol. The second-order valence-electron chi connectivity index (χ2n) is 4.60. The molecule has 0 fully saturated rings. The number of benzene rings is 2. The lowest BCUT2D eigenvalue weighted by Gasteiger charge is -2.14. The van der Waals surface area contributed by atoms with Crippen molar-refractivity contribution in [3.63, 3.8) is 0 Å². The Morgan fingerprint density at radius 2 is 2.00 bits per heavy atom. The first kappa shape index (κ1) is 13.9. The van der Waals surface area contributed by atoms with Gasteiger partial charge in [-0.15, -0.1) is 0 Å². The molecule has 2 aromatic rings. The van der Waals surface area contributed by atoms with Crippen molar-refractivity contribution in [2.75, 3.05) is 7.11 Å². The number of methoxy groups -OCH3 is 1. The highest BCUT2D eigenvalue weighted by Gasteiger charge is 2.12. The van der Waals surface area contributed by atoms with Crippen LogP contribution in [0, 0.1) is 6.92 Å². The molecule has 0 heterocycles. The summed E-state index contributed by atoms with van der Waals surface area (Å²) < 4.78 is 5.17. The zero-order chi connectivity index (χ0) is 13.8. The number of aliphatic hydroxyl groups is 1. The Hall–Kier alpha value is -1.51. The molecule has 0 aliphatic heterocycles. The maximum absolute atomic E-state index is 10.3. The number of ether oxygens (including phenoxy) is 1. The smallest absolute Gasteiger partial charge is 0.119 e. The molecule has 3 heteroatoms. The zero-order valence-electron chi connectivity index (χ0n) is 11.1. The summed E-state index contributed by atoms with van der Waals surface area (Å²) in [5, 5.41) is 10.9. The van der Waals surface area contributed by atoms with E-state index >= 15 is 0 Å². The van der Waals surface area contributed by atoms with E-state index in [1.165, 1.54) is 0 Å². The minimum atomic E-state index is -0.611. The summed E-state index contributed by atoms with van der Waals surface area (Å²) in [5.74, 6) is 0.791. The summed E-state index contributed by atoms with van der Waals surface area (Å²) in [5.41, 5.74) is 2.86. The Balaban J connectivity index is 2.17. The van der Waals surface area contributed by atoms with E-state index in [2.05, 4.69) is 0 Å². The summed E-state index contributed by atoms with van der Waals surface area (Å²) in [7, 11) is 1.63. The third-order valence-electron chi connectivity index (χ3n) is 3.08. The molecule has 2 nitrogen and oxygen atoms in total. The van der Waals surface area contributed by atoms with Gasteiger partial charge in [0.05, 0.1) is 13.2 Å². The molecule has 1 atom stereocenters. The van der Waals surface area contributed by atoms with Crippen molar-refractivity contribution in [1.82, 2.24) is 0 Å². The Kier molecular flexibility index (Phi) is 4.46. The second kappa shape index (κ2) is 6.09. The zero-order valence-corrected chi connectivity index (χ0v) is 11.8. The van der Waals surface area contributed by atoms with Gasteiger partial charge in [-0.2, -0.15) is 0 Å². The van der Waals surface area contributed by atoms with Crippen LogP contribution in [-0.4, -0.2) is 12.2 Å². The molecule has 2 rings (SSSR count). The van der Waals surface area contributed by atoms with Gasteiger partial charge in [0.1, 0.15) is 5.75 Å².